The summed E-state index contributed by atoms with van der Waals surface area (Å²) >= 11 is 0. The Morgan fingerprint density at radius 3 is 2.69 bits per heavy atom. The van der Waals surface area contributed by atoms with E-state index in [0.29, 0.717) is 17.7 Å². The number of nitrogen functional groups attached to an aromatic ring is 1. The Bertz CT molecular complexity index is 566. The molecular formula is C9H11N3O3S. The summed E-state index contributed by atoms with van der Waals surface area (Å²) in [5.74, 6) is -0.224. The molecule has 16 heavy (non-hydrogen) atoms. The second kappa shape index (κ2) is 3.51. The normalized spacial score (nSPS) is 17.8. The molecule has 0 atom stereocenters. The molecule has 2 N–H and O–H groups in total. The minimum absolute atomic E-state index is 0.0200. The van der Waals surface area contributed by atoms with E-state index in [1.54, 1.807) is 0 Å². The van der Waals surface area contributed by atoms with Gasteiger partial charge in [0.05, 0.1) is 17.2 Å². The lowest BCUT2D eigenvalue weighted by molar-refractivity contribution is 0.100. The number of hydrogen-bond donors (Lipinski definition) is 1. The molecule has 2 heterocycles. The molecule has 0 amide bonds. The Morgan fingerprint density at radius 2 is 2.06 bits per heavy atom. The Morgan fingerprint density at radius 1 is 1.38 bits per heavy atom. The zero-order valence-corrected chi connectivity index (χ0v) is 9.54. The molecule has 1 aromatic heterocycles. The highest BCUT2D eigenvalue weighted by molar-refractivity contribution is 7.90. The van der Waals surface area contributed by atoms with Gasteiger partial charge in [0, 0.05) is 12.5 Å². The number of nitrogens with two attached hydrogens (primary N) is 1. The van der Waals surface area contributed by atoms with Crippen LogP contribution >= 0.6 is 0 Å². The molecule has 0 unspecified atom stereocenters. The average Bonchev–Trinajstić information content (AvgIpc) is 2.14. The van der Waals surface area contributed by atoms with Gasteiger partial charge in [0.1, 0.15) is 5.82 Å². The number of sulfone groups is 1. The first kappa shape index (κ1) is 11.0. The van der Waals surface area contributed by atoms with Crippen LogP contribution in [0.5, 0.6) is 0 Å². The zero-order chi connectivity index (χ0) is 11.9. The summed E-state index contributed by atoms with van der Waals surface area (Å²) in [4.78, 5) is 18.9. The molecule has 7 heteroatoms. The van der Waals surface area contributed by atoms with Crippen LogP contribution in [0, 0.1) is 0 Å². The first-order valence-electron chi connectivity index (χ1n) is 4.76. The van der Waals surface area contributed by atoms with Crippen LogP contribution < -0.4 is 5.73 Å². The highest BCUT2D eigenvalue weighted by Gasteiger charge is 2.26. The molecule has 0 radical (unpaired) electrons. The summed E-state index contributed by atoms with van der Waals surface area (Å²) < 4.78 is 22.8. The third-order valence-electron chi connectivity index (χ3n) is 2.46. The van der Waals surface area contributed by atoms with Crippen LogP contribution in [-0.2, 0) is 22.0 Å². The first-order chi connectivity index (χ1) is 7.39. The molecule has 6 nitrogen and oxygen atoms in total. The van der Waals surface area contributed by atoms with Gasteiger partial charge in [-0.3, -0.25) is 4.79 Å². The van der Waals surface area contributed by atoms with Crippen LogP contribution in [0.4, 0.5) is 5.82 Å². The van der Waals surface area contributed by atoms with Crippen molar-refractivity contribution in [2.45, 2.75) is 19.1 Å². The fourth-order valence-corrected chi connectivity index (χ4v) is 2.95. The number of carbonyl (C=O) groups excluding carboxylic acids is 1. The maximum absolute atomic E-state index is 11.4. The summed E-state index contributed by atoms with van der Waals surface area (Å²) in [6, 6.07) is 0. The van der Waals surface area contributed by atoms with Gasteiger partial charge >= 0.3 is 0 Å². The van der Waals surface area contributed by atoms with Crippen LogP contribution in [0.1, 0.15) is 28.8 Å². The zero-order valence-electron chi connectivity index (χ0n) is 8.73. The number of nitrogens with zero attached hydrogens (tertiary/aromatic N) is 2. The molecule has 0 spiro atoms. The van der Waals surface area contributed by atoms with Gasteiger partial charge < -0.3 is 5.73 Å². The van der Waals surface area contributed by atoms with E-state index in [9.17, 15) is 13.2 Å². The van der Waals surface area contributed by atoms with Gasteiger partial charge in [-0.05, 0) is 6.42 Å². The van der Waals surface area contributed by atoms with E-state index >= 15 is 0 Å². The molecule has 1 aliphatic heterocycles. The van der Waals surface area contributed by atoms with Gasteiger partial charge in [-0.15, -0.1) is 0 Å². The van der Waals surface area contributed by atoms with E-state index in [0.717, 1.165) is 0 Å². The van der Waals surface area contributed by atoms with Crippen molar-refractivity contribution in [3.05, 3.63) is 17.1 Å². The Hall–Kier alpha value is -1.50. The number of ketones is 1. The predicted octanol–water partition coefficient (Wildman–Crippen LogP) is -0.268. The molecule has 86 valence electrons. The Kier molecular flexibility index (Phi) is 2.42. The fourth-order valence-electron chi connectivity index (χ4n) is 1.64. The number of carbonyl (C=O) groups is 1. The standard InChI is InChI=1S/C9H11N3O3S/c1-5(13)9-11-7-4-16(14,15)3-2-6(7)8(10)12-9/h2-4H2,1H3,(H2,10,11,12). The monoisotopic (exact) mass is 241 g/mol. The lowest BCUT2D eigenvalue weighted by atomic mass is 10.1. The van der Waals surface area contributed by atoms with Crippen LogP contribution in [0.3, 0.4) is 0 Å². The van der Waals surface area contributed by atoms with Crippen molar-refractivity contribution in [3.63, 3.8) is 0 Å². The highest BCUT2D eigenvalue weighted by Crippen LogP contribution is 2.22. The number of Topliss-reactive ketones (excluding diaryl/α,β-unsaturated/α-hetero) is 1. The molecule has 1 aliphatic rings. The summed E-state index contributed by atoms with van der Waals surface area (Å²) in [5.41, 5.74) is 6.69. The SMILES string of the molecule is CC(=O)c1nc(N)c2c(n1)CS(=O)(=O)CC2. The van der Waals surface area contributed by atoms with E-state index in [-0.39, 0.29) is 28.9 Å². The van der Waals surface area contributed by atoms with Gasteiger partial charge in [0.2, 0.25) is 0 Å². The van der Waals surface area contributed by atoms with Gasteiger partial charge in [-0.25, -0.2) is 18.4 Å². The van der Waals surface area contributed by atoms with Crippen molar-refractivity contribution in [2.24, 2.45) is 0 Å². The highest BCUT2D eigenvalue weighted by atomic mass is 32.2. The molecule has 0 bridgehead atoms. The number of fused-ring (bicyclic) bond motifs is 1. The maximum Gasteiger partial charge on any atom is 0.197 e. The molecule has 0 aromatic carbocycles. The van der Waals surface area contributed by atoms with Gasteiger partial charge in [0.15, 0.2) is 21.4 Å². The van der Waals surface area contributed by atoms with E-state index in [4.69, 9.17) is 5.73 Å². The lowest BCUT2D eigenvalue weighted by Crippen LogP contribution is -2.23. The summed E-state index contributed by atoms with van der Waals surface area (Å²) in [5, 5.41) is 0. The third kappa shape index (κ3) is 1.90. The number of rotatable bonds is 1. The quantitative estimate of drug-likeness (QED) is 0.679. The summed E-state index contributed by atoms with van der Waals surface area (Å²) in [6.07, 6.45) is 0.321. The minimum atomic E-state index is -3.11. The fraction of sp³-hybridized carbons (Fsp3) is 0.444. The average molecular weight is 241 g/mol. The van der Waals surface area contributed by atoms with Gasteiger partial charge in [0.25, 0.3) is 0 Å². The van der Waals surface area contributed by atoms with E-state index in [1.807, 2.05) is 0 Å². The van der Waals surface area contributed by atoms with Crippen molar-refractivity contribution in [3.8, 4) is 0 Å². The van der Waals surface area contributed by atoms with Crippen molar-refractivity contribution < 1.29 is 13.2 Å². The molecule has 0 saturated heterocycles. The number of hydrogen-bond acceptors (Lipinski definition) is 6. The predicted molar refractivity (Wildman–Crippen MR) is 57.6 cm³/mol. The van der Waals surface area contributed by atoms with E-state index < -0.39 is 9.84 Å². The van der Waals surface area contributed by atoms with E-state index in [1.165, 1.54) is 6.92 Å². The van der Waals surface area contributed by atoms with Crippen LogP contribution in [0.25, 0.3) is 0 Å². The summed E-state index contributed by atoms with van der Waals surface area (Å²) in [7, 11) is -3.11. The van der Waals surface area contributed by atoms with Gasteiger partial charge in [-0.1, -0.05) is 0 Å². The molecule has 1 aromatic rings. The van der Waals surface area contributed by atoms with Crippen molar-refractivity contribution >= 4 is 21.4 Å². The van der Waals surface area contributed by atoms with Crippen molar-refractivity contribution in [2.75, 3.05) is 11.5 Å². The molecule has 0 saturated carbocycles. The first-order valence-corrected chi connectivity index (χ1v) is 6.58. The molecular weight excluding hydrogens is 230 g/mol. The minimum Gasteiger partial charge on any atom is -0.383 e. The molecule has 0 fully saturated rings. The Balaban J connectivity index is 2.58. The number of aromatic nitrogens is 2. The van der Waals surface area contributed by atoms with Crippen LogP contribution in [0.2, 0.25) is 0 Å². The summed E-state index contributed by atoms with van der Waals surface area (Å²) in [6.45, 7) is 1.32. The second-order valence-electron chi connectivity index (χ2n) is 3.76. The van der Waals surface area contributed by atoms with E-state index in [2.05, 4.69) is 9.97 Å². The largest absolute Gasteiger partial charge is 0.383 e. The van der Waals surface area contributed by atoms with Crippen LogP contribution in [0.15, 0.2) is 0 Å². The smallest absolute Gasteiger partial charge is 0.197 e. The van der Waals surface area contributed by atoms with Crippen LogP contribution in [-0.4, -0.2) is 29.9 Å². The van der Waals surface area contributed by atoms with Crippen molar-refractivity contribution in [1.82, 2.24) is 9.97 Å². The molecule has 2 rings (SSSR count). The Labute approximate surface area is 92.8 Å². The topological polar surface area (TPSA) is 103 Å². The number of anilines is 1. The second-order valence-corrected chi connectivity index (χ2v) is 5.94. The van der Waals surface area contributed by atoms with Crippen molar-refractivity contribution in [1.29, 1.82) is 0 Å². The lowest BCUT2D eigenvalue weighted by Gasteiger charge is -2.16. The van der Waals surface area contributed by atoms with Gasteiger partial charge in [-0.2, -0.15) is 0 Å². The third-order valence-corrected chi connectivity index (χ3v) is 4.00. The molecule has 0 aliphatic carbocycles. The maximum atomic E-state index is 11.4.